The fraction of sp³-hybridized carbons (Fsp3) is 0.800. The number of halogens is 1. The van der Waals surface area contributed by atoms with Crippen LogP contribution in [0, 0.1) is 0 Å². The van der Waals surface area contributed by atoms with E-state index in [1.54, 1.807) is 0 Å². The van der Waals surface area contributed by atoms with E-state index in [-0.39, 0.29) is 0 Å². The Labute approximate surface area is 81.4 Å². The number of rotatable bonds is 6. The molecule has 0 saturated carbocycles. The van der Waals surface area contributed by atoms with Gasteiger partial charge in [0, 0.05) is 18.5 Å². The molecule has 2 heteroatoms. The lowest BCUT2D eigenvalue weighted by atomic mass is 10.1. The number of nitrogens with zero attached hydrogens (tertiary/aromatic N) is 1. The SMILES string of the molecule is C=C(CCl)CN(C)C(CC)CC. The van der Waals surface area contributed by atoms with Gasteiger partial charge in [0.1, 0.15) is 0 Å². The molecule has 0 rings (SSSR count). The van der Waals surface area contributed by atoms with Gasteiger partial charge in [0.25, 0.3) is 0 Å². The summed E-state index contributed by atoms with van der Waals surface area (Å²) in [5.41, 5.74) is 1.10. The zero-order chi connectivity index (χ0) is 9.56. The van der Waals surface area contributed by atoms with E-state index in [0.717, 1.165) is 12.1 Å². The van der Waals surface area contributed by atoms with Gasteiger partial charge in [-0.3, -0.25) is 4.90 Å². The van der Waals surface area contributed by atoms with Crippen LogP contribution >= 0.6 is 11.6 Å². The van der Waals surface area contributed by atoms with Crippen LogP contribution in [0.2, 0.25) is 0 Å². The first-order valence-electron chi connectivity index (χ1n) is 4.58. The maximum atomic E-state index is 5.66. The topological polar surface area (TPSA) is 3.24 Å². The lowest BCUT2D eigenvalue weighted by Crippen LogP contribution is -2.32. The van der Waals surface area contributed by atoms with Crippen molar-refractivity contribution >= 4 is 11.6 Å². The molecule has 0 fully saturated rings. The van der Waals surface area contributed by atoms with Gasteiger partial charge in [-0.15, -0.1) is 11.6 Å². The second kappa shape index (κ2) is 6.50. The average Bonchev–Trinajstić information content (AvgIpc) is 2.06. The van der Waals surface area contributed by atoms with E-state index in [1.165, 1.54) is 12.8 Å². The molecule has 0 heterocycles. The monoisotopic (exact) mass is 189 g/mol. The molecule has 0 bridgehead atoms. The normalized spacial score (nSPS) is 11.2. The van der Waals surface area contributed by atoms with Crippen molar-refractivity contribution in [3.05, 3.63) is 12.2 Å². The molecule has 0 aromatic rings. The number of alkyl halides is 1. The van der Waals surface area contributed by atoms with E-state index < -0.39 is 0 Å². The maximum Gasteiger partial charge on any atom is 0.0443 e. The Bertz CT molecular complexity index is 130. The van der Waals surface area contributed by atoms with Gasteiger partial charge in [-0.1, -0.05) is 20.4 Å². The second-order valence-corrected chi connectivity index (χ2v) is 3.54. The van der Waals surface area contributed by atoms with Gasteiger partial charge < -0.3 is 0 Å². The van der Waals surface area contributed by atoms with Crippen molar-refractivity contribution in [1.82, 2.24) is 4.90 Å². The zero-order valence-corrected chi connectivity index (χ0v) is 9.19. The van der Waals surface area contributed by atoms with Crippen LogP contribution in [0.25, 0.3) is 0 Å². The van der Waals surface area contributed by atoms with Gasteiger partial charge >= 0.3 is 0 Å². The smallest absolute Gasteiger partial charge is 0.0443 e. The maximum absolute atomic E-state index is 5.66. The largest absolute Gasteiger partial charge is 0.299 e. The van der Waals surface area contributed by atoms with Crippen molar-refractivity contribution in [2.75, 3.05) is 19.5 Å². The van der Waals surface area contributed by atoms with Crippen molar-refractivity contribution in [2.24, 2.45) is 0 Å². The van der Waals surface area contributed by atoms with Crippen LogP contribution in [0.1, 0.15) is 26.7 Å². The summed E-state index contributed by atoms with van der Waals surface area (Å²) in [6, 6.07) is 0.671. The zero-order valence-electron chi connectivity index (χ0n) is 8.44. The van der Waals surface area contributed by atoms with Gasteiger partial charge in [-0.25, -0.2) is 0 Å². The lowest BCUT2D eigenvalue weighted by Gasteiger charge is -2.26. The van der Waals surface area contributed by atoms with E-state index in [1.807, 2.05) is 0 Å². The Morgan fingerprint density at radius 1 is 1.42 bits per heavy atom. The molecular weight excluding hydrogens is 170 g/mol. The van der Waals surface area contributed by atoms with E-state index >= 15 is 0 Å². The molecule has 0 aliphatic rings. The Morgan fingerprint density at radius 2 is 1.92 bits per heavy atom. The molecule has 12 heavy (non-hydrogen) atoms. The third-order valence-electron chi connectivity index (χ3n) is 2.23. The highest BCUT2D eigenvalue weighted by Crippen LogP contribution is 2.08. The van der Waals surface area contributed by atoms with E-state index in [9.17, 15) is 0 Å². The highest BCUT2D eigenvalue weighted by atomic mass is 35.5. The molecule has 72 valence electrons. The number of hydrogen-bond donors (Lipinski definition) is 0. The molecule has 0 aromatic carbocycles. The summed E-state index contributed by atoms with van der Waals surface area (Å²) in [6.45, 7) is 9.25. The summed E-state index contributed by atoms with van der Waals surface area (Å²) >= 11 is 5.66. The minimum absolute atomic E-state index is 0.574. The van der Waals surface area contributed by atoms with Crippen molar-refractivity contribution in [2.45, 2.75) is 32.7 Å². The summed E-state index contributed by atoms with van der Waals surface area (Å²) in [6.07, 6.45) is 2.39. The summed E-state index contributed by atoms with van der Waals surface area (Å²) in [5, 5.41) is 0. The molecule has 0 spiro atoms. The first-order chi connectivity index (χ1) is 5.65. The van der Waals surface area contributed by atoms with Crippen LogP contribution < -0.4 is 0 Å². The van der Waals surface area contributed by atoms with Crippen molar-refractivity contribution in [3.8, 4) is 0 Å². The average molecular weight is 190 g/mol. The van der Waals surface area contributed by atoms with Crippen molar-refractivity contribution in [1.29, 1.82) is 0 Å². The van der Waals surface area contributed by atoms with Gasteiger partial charge in [0.15, 0.2) is 0 Å². The predicted molar refractivity (Wildman–Crippen MR) is 56.9 cm³/mol. The molecule has 0 aliphatic heterocycles. The fourth-order valence-electron chi connectivity index (χ4n) is 1.44. The Morgan fingerprint density at radius 3 is 2.25 bits per heavy atom. The number of hydrogen-bond acceptors (Lipinski definition) is 1. The molecule has 0 radical (unpaired) electrons. The van der Waals surface area contributed by atoms with Gasteiger partial charge in [-0.05, 0) is 25.5 Å². The molecular formula is C10H20ClN. The van der Waals surface area contributed by atoms with Gasteiger partial charge in [0.05, 0.1) is 0 Å². The summed E-state index contributed by atoms with van der Waals surface area (Å²) in [4.78, 5) is 2.32. The summed E-state index contributed by atoms with van der Waals surface area (Å²) in [7, 11) is 2.13. The predicted octanol–water partition coefficient (Wildman–Crippen LogP) is 2.90. The van der Waals surface area contributed by atoms with Crippen molar-refractivity contribution < 1.29 is 0 Å². The van der Waals surface area contributed by atoms with Crippen LogP contribution in [0.5, 0.6) is 0 Å². The van der Waals surface area contributed by atoms with Crippen LogP contribution in [0.4, 0.5) is 0 Å². The Hall–Kier alpha value is -0.0100. The summed E-state index contributed by atoms with van der Waals surface area (Å²) in [5.74, 6) is 0.574. The molecule has 1 nitrogen and oxygen atoms in total. The third kappa shape index (κ3) is 4.13. The minimum Gasteiger partial charge on any atom is -0.299 e. The first-order valence-corrected chi connectivity index (χ1v) is 5.11. The van der Waals surface area contributed by atoms with Gasteiger partial charge in [-0.2, -0.15) is 0 Å². The molecule has 0 atom stereocenters. The highest BCUT2D eigenvalue weighted by molar-refractivity contribution is 6.19. The van der Waals surface area contributed by atoms with Gasteiger partial charge in [0.2, 0.25) is 0 Å². The lowest BCUT2D eigenvalue weighted by molar-refractivity contribution is 0.248. The quantitative estimate of drug-likeness (QED) is 0.459. The molecule has 0 N–H and O–H groups in total. The molecule has 0 aromatic heterocycles. The van der Waals surface area contributed by atoms with Crippen LogP contribution in [-0.2, 0) is 0 Å². The molecule has 0 unspecified atom stereocenters. The van der Waals surface area contributed by atoms with Crippen LogP contribution in [-0.4, -0.2) is 30.4 Å². The van der Waals surface area contributed by atoms with E-state index in [4.69, 9.17) is 11.6 Å². The minimum atomic E-state index is 0.574. The fourth-order valence-corrected chi connectivity index (χ4v) is 1.52. The number of likely N-dealkylation sites (N-methyl/N-ethyl adjacent to an activating group) is 1. The van der Waals surface area contributed by atoms with Crippen molar-refractivity contribution in [3.63, 3.8) is 0 Å². The molecule has 0 saturated heterocycles. The van der Waals surface area contributed by atoms with E-state index in [2.05, 4.69) is 32.4 Å². The Kier molecular flexibility index (Phi) is 6.49. The second-order valence-electron chi connectivity index (χ2n) is 3.27. The standard InChI is InChI=1S/C10H20ClN/c1-5-10(6-2)12(4)8-9(3)7-11/h10H,3,5-8H2,1-2,4H3. The highest BCUT2D eigenvalue weighted by Gasteiger charge is 2.10. The summed E-state index contributed by atoms with van der Waals surface area (Å²) < 4.78 is 0. The van der Waals surface area contributed by atoms with E-state index in [0.29, 0.717) is 11.9 Å². The first kappa shape index (κ1) is 12.0. The Balaban J connectivity index is 3.83. The third-order valence-corrected chi connectivity index (χ3v) is 2.61. The molecule has 0 amide bonds. The molecule has 0 aliphatic carbocycles. The van der Waals surface area contributed by atoms with Crippen LogP contribution in [0.3, 0.4) is 0 Å². The van der Waals surface area contributed by atoms with Crippen LogP contribution in [0.15, 0.2) is 12.2 Å².